The Hall–Kier alpha value is -2.23. The van der Waals surface area contributed by atoms with Crippen molar-refractivity contribution in [3.8, 4) is 17.3 Å². The molecule has 0 radical (unpaired) electrons. The first-order chi connectivity index (χ1) is 9.65. The van der Waals surface area contributed by atoms with Crippen molar-refractivity contribution in [2.45, 2.75) is 19.8 Å². The van der Waals surface area contributed by atoms with Crippen LogP contribution in [0.3, 0.4) is 0 Å². The molecule has 0 aliphatic carbocycles. The van der Waals surface area contributed by atoms with Crippen molar-refractivity contribution in [2.24, 2.45) is 0 Å². The van der Waals surface area contributed by atoms with Crippen LogP contribution in [0, 0.1) is 17.1 Å². The molecule has 0 saturated heterocycles. The smallest absolute Gasteiger partial charge is 0.198 e. The third-order valence-corrected chi connectivity index (χ3v) is 2.73. The number of aliphatic hydroxyl groups is 1. The Morgan fingerprint density at radius 1 is 1.50 bits per heavy atom. The number of rotatable bonds is 5. The van der Waals surface area contributed by atoms with Gasteiger partial charge in [-0.1, -0.05) is 12.1 Å². The molecule has 0 aliphatic rings. The highest BCUT2D eigenvalue weighted by molar-refractivity contribution is 5.59. The van der Waals surface area contributed by atoms with E-state index in [1.165, 1.54) is 16.8 Å². The Labute approximate surface area is 115 Å². The summed E-state index contributed by atoms with van der Waals surface area (Å²) >= 11 is 0. The number of benzene rings is 1. The van der Waals surface area contributed by atoms with E-state index in [1.54, 1.807) is 25.1 Å². The van der Waals surface area contributed by atoms with Crippen molar-refractivity contribution in [3.05, 3.63) is 41.8 Å². The van der Waals surface area contributed by atoms with Crippen LogP contribution in [-0.4, -0.2) is 21.5 Å². The quantitative estimate of drug-likeness (QED) is 0.849. The molecule has 2 aromatic rings. The number of aromatic nitrogens is 2. The Morgan fingerprint density at radius 2 is 2.30 bits per heavy atom. The molecule has 0 aliphatic heterocycles. The topological polar surface area (TPSA) is 71.1 Å². The van der Waals surface area contributed by atoms with Crippen LogP contribution >= 0.6 is 0 Å². The first kappa shape index (κ1) is 14.2. The number of aliphatic hydroxyl groups excluding tert-OH is 1. The summed E-state index contributed by atoms with van der Waals surface area (Å²) in [6.07, 6.45) is -1.16. The summed E-state index contributed by atoms with van der Waals surface area (Å²) in [7, 11) is 0. The molecule has 1 unspecified atom stereocenters. The van der Waals surface area contributed by atoms with Crippen LogP contribution in [0.5, 0.6) is 0 Å². The SMILES string of the molecule is CCOC(O)c1cc(-c2cccc(F)c2)nn1CC#N. The minimum Gasteiger partial charge on any atom is -0.363 e. The van der Waals surface area contributed by atoms with E-state index in [0.717, 1.165) is 0 Å². The van der Waals surface area contributed by atoms with E-state index < -0.39 is 6.29 Å². The van der Waals surface area contributed by atoms with Gasteiger partial charge in [-0.25, -0.2) is 9.07 Å². The van der Waals surface area contributed by atoms with E-state index in [1.807, 2.05) is 6.07 Å². The van der Waals surface area contributed by atoms with Crippen LogP contribution in [0.1, 0.15) is 18.9 Å². The predicted molar refractivity (Wildman–Crippen MR) is 69.8 cm³/mol. The van der Waals surface area contributed by atoms with Crippen LogP contribution in [0.25, 0.3) is 11.3 Å². The van der Waals surface area contributed by atoms with Crippen molar-refractivity contribution < 1.29 is 14.2 Å². The Kier molecular flexibility index (Phi) is 4.45. The van der Waals surface area contributed by atoms with E-state index in [2.05, 4.69) is 5.10 Å². The van der Waals surface area contributed by atoms with Crippen LogP contribution in [0.15, 0.2) is 30.3 Å². The molecule has 1 aromatic carbocycles. The zero-order valence-corrected chi connectivity index (χ0v) is 11.0. The lowest BCUT2D eigenvalue weighted by Gasteiger charge is -2.10. The van der Waals surface area contributed by atoms with E-state index >= 15 is 0 Å². The van der Waals surface area contributed by atoms with Crippen molar-refractivity contribution in [3.63, 3.8) is 0 Å². The van der Waals surface area contributed by atoms with Crippen LogP contribution in [-0.2, 0) is 11.3 Å². The zero-order valence-electron chi connectivity index (χ0n) is 11.0. The van der Waals surface area contributed by atoms with Crippen molar-refractivity contribution >= 4 is 0 Å². The van der Waals surface area contributed by atoms with Gasteiger partial charge in [-0.05, 0) is 25.1 Å². The van der Waals surface area contributed by atoms with E-state index in [9.17, 15) is 9.50 Å². The lowest BCUT2D eigenvalue weighted by atomic mass is 10.1. The number of nitrogens with zero attached hydrogens (tertiary/aromatic N) is 3. The second kappa shape index (κ2) is 6.28. The summed E-state index contributed by atoms with van der Waals surface area (Å²) in [5.41, 5.74) is 1.42. The third kappa shape index (κ3) is 3.02. The molecule has 20 heavy (non-hydrogen) atoms. The van der Waals surface area contributed by atoms with Crippen molar-refractivity contribution in [1.29, 1.82) is 5.26 Å². The van der Waals surface area contributed by atoms with Crippen LogP contribution in [0.2, 0.25) is 0 Å². The molecule has 0 bridgehead atoms. The van der Waals surface area contributed by atoms with Gasteiger partial charge in [0.1, 0.15) is 12.4 Å². The average molecular weight is 275 g/mol. The molecule has 0 saturated carbocycles. The molecule has 5 nitrogen and oxygen atoms in total. The van der Waals surface area contributed by atoms with E-state index in [-0.39, 0.29) is 12.4 Å². The highest BCUT2D eigenvalue weighted by atomic mass is 19.1. The second-order valence-electron chi connectivity index (χ2n) is 4.09. The normalized spacial score (nSPS) is 12.1. The molecular weight excluding hydrogens is 261 g/mol. The number of hydrogen-bond acceptors (Lipinski definition) is 4. The number of nitriles is 1. The van der Waals surface area contributed by atoms with Gasteiger partial charge in [-0.2, -0.15) is 10.4 Å². The fourth-order valence-corrected chi connectivity index (χ4v) is 1.86. The first-order valence-corrected chi connectivity index (χ1v) is 6.16. The zero-order chi connectivity index (χ0) is 14.5. The Balaban J connectivity index is 2.41. The average Bonchev–Trinajstić information content (AvgIpc) is 2.84. The molecule has 2 rings (SSSR count). The number of halogens is 1. The minimum absolute atomic E-state index is 0.0191. The number of ether oxygens (including phenoxy) is 1. The van der Waals surface area contributed by atoms with Gasteiger partial charge in [0.05, 0.1) is 17.5 Å². The summed E-state index contributed by atoms with van der Waals surface area (Å²) in [6.45, 7) is 2.06. The maximum absolute atomic E-state index is 13.2. The van der Waals surface area contributed by atoms with E-state index in [0.29, 0.717) is 23.6 Å². The lowest BCUT2D eigenvalue weighted by molar-refractivity contribution is -0.103. The fraction of sp³-hybridized carbons (Fsp3) is 0.286. The van der Waals surface area contributed by atoms with Gasteiger partial charge < -0.3 is 9.84 Å². The summed E-state index contributed by atoms with van der Waals surface area (Å²) < 4.78 is 19.7. The van der Waals surface area contributed by atoms with E-state index in [4.69, 9.17) is 10.00 Å². The Bertz CT molecular complexity index is 634. The highest BCUT2D eigenvalue weighted by Crippen LogP contribution is 2.24. The lowest BCUT2D eigenvalue weighted by Crippen LogP contribution is -2.11. The van der Waals surface area contributed by atoms with Gasteiger partial charge >= 0.3 is 0 Å². The monoisotopic (exact) mass is 275 g/mol. The van der Waals surface area contributed by atoms with Crippen molar-refractivity contribution in [2.75, 3.05) is 6.61 Å². The van der Waals surface area contributed by atoms with Gasteiger partial charge in [-0.15, -0.1) is 0 Å². The molecular formula is C14H14FN3O2. The predicted octanol–water partition coefficient (Wildman–Crippen LogP) is 2.24. The highest BCUT2D eigenvalue weighted by Gasteiger charge is 2.17. The molecule has 0 fully saturated rings. The second-order valence-corrected chi connectivity index (χ2v) is 4.09. The minimum atomic E-state index is -1.16. The van der Waals surface area contributed by atoms with Crippen molar-refractivity contribution in [1.82, 2.24) is 9.78 Å². The largest absolute Gasteiger partial charge is 0.363 e. The van der Waals surface area contributed by atoms with Gasteiger partial charge in [0, 0.05) is 12.2 Å². The maximum atomic E-state index is 13.2. The molecule has 0 amide bonds. The summed E-state index contributed by atoms with van der Waals surface area (Å²) in [6, 6.07) is 9.51. The van der Waals surface area contributed by atoms with Gasteiger partial charge in [0.15, 0.2) is 6.29 Å². The standard InChI is InChI=1S/C14H14FN3O2/c1-2-20-14(19)13-9-12(17-18(13)7-6-16)10-4-3-5-11(15)8-10/h3-5,8-9,14,19H,2,7H2,1H3. The Morgan fingerprint density at radius 3 is 2.95 bits per heavy atom. The van der Waals surface area contributed by atoms with Crippen LogP contribution in [0.4, 0.5) is 4.39 Å². The van der Waals surface area contributed by atoms with Gasteiger partial charge in [0.2, 0.25) is 0 Å². The maximum Gasteiger partial charge on any atom is 0.198 e. The fourth-order valence-electron chi connectivity index (χ4n) is 1.86. The summed E-state index contributed by atoms with van der Waals surface area (Å²) in [5, 5.41) is 22.9. The molecule has 104 valence electrons. The molecule has 0 spiro atoms. The third-order valence-electron chi connectivity index (χ3n) is 2.73. The van der Waals surface area contributed by atoms with Crippen LogP contribution < -0.4 is 0 Å². The molecule has 1 atom stereocenters. The van der Waals surface area contributed by atoms with Gasteiger partial charge in [-0.3, -0.25) is 0 Å². The molecule has 1 heterocycles. The molecule has 1 N–H and O–H groups in total. The summed E-state index contributed by atoms with van der Waals surface area (Å²) in [5.74, 6) is -0.371. The van der Waals surface area contributed by atoms with Gasteiger partial charge in [0.25, 0.3) is 0 Å². The first-order valence-electron chi connectivity index (χ1n) is 6.16. The number of hydrogen-bond donors (Lipinski definition) is 1. The molecule has 6 heteroatoms. The summed E-state index contributed by atoms with van der Waals surface area (Å²) in [4.78, 5) is 0. The molecule has 1 aromatic heterocycles.